The molecule has 2 N–H and O–H groups in total. The van der Waals surface area contributed by atoms with Gasteiger partial charge >= 0.3 is 0 Å². The smallest absolute Gasteiger partial charge is 0.226 e. The number of amides is 1. The Balaban J connectivity index is 1.83. The number of carbonyl (C=O) groups is 1. The van der Waals surface area contributed by atoms with Crippen molar-refractivity contribution in [1.82, 2.24) is 5.32 Å². The Kier molecular flexibility index (Phi) is 4.73. The maximum absolute atomic E-state index is 11.6. The monoisotopic (exact) mass is 248 g/mol. The molecule has 4 heteroatoms. The molecule has 0 bridgehead atoms. The summed E-state index contributed by atoms with van der Waals surface area (Å²) in [5.41, 5.74) is 2.05. The second-order valence-corrected chi connectivity index (χ2v) is 4.65. The number of anilines is 1. The van der Waals surface area contributed by atoms with Crippen LogP contribution in [0.1, 0.15) is 24.8 Å². The molecule has 18 heavy (non-hydrogen) atoms. The van der Waals surface area contributed by atoms with Gasteiger partial charge < -0.3 is 15.4 Å². The topological polar surface area (TPSA) is 50.4 Å². The van der Waals surface area contributed by atoms with Crippen LogP contribution in [0, 0.1) is 0 Å². The third-order valence-electron chi connectivity index (χ3n) is 2.92. The highest BCUT2D eigenvalue weighted by molar-refractivity contribution is 5.90. The van der Waals surface area contributed by atoms with Crippen LogP contribution in [0.5, 0.6) is 0 Å². The summed E-state index contributed by atoms with van der Waals surface area (Å²) in [5.74, 6) is -0.0100. The van der Waals surface area contributed by atoms with Gasteiger partial charge in [0.25, 0.3) is 0 Å². The first kappa shape index (κ1) is 13.1. The van der Waals surface area contributed by atoms with Gasteiger partial charge in [0.2, 0.25) is 5.91 Å². The minimum atomic E-state index is -0.0100. The average Bonchev–Trinajstić information content (AvgIpc) is 3.18. The molecule has 1 fully saturated rings. The van der Waals surface area contributed by atoms with Crippen LogP contribution in [0.2, 0.25) is 0 Å². The van der Waals surface area contributed by atoms with Gasteiger partial charge in [-0.25, -0.2) is 0 Å². The zero-order valence-corrected chi connectivity index (χ0v) is 10.7. The third kappa shape index (κ3) is 4.47. The van der Waals surface area contributed by atoms with E-state index < -0.39 is 0 Å². The fourth-order valence-electron chi connectivity index (χ4n) is 1.73. The van der Waals surface area contributed by atoms with Gasteiger partial charge in [-0.05, 0) is 30.5 Å². The van der Waals surface area contributed by atoms with Gasteiger partial charge in [0.05, 0.1) is 13.0 Å². The number of carbonyl (C=O) groups excluding carboxylic acids is 1. The molecular weight excluding hydrogens is 228 g/mol. The van der Waals surface area contributed by atoms with Crippen LogP contribution in [0.15, 0.2) is 24.3 Å². The lowest BCUT2D eigenvalue weighted by Crippen LogP contribution is -2.16. The van der Waals surface area contributed by atoms with Crippen molar-refractivity contribution in [2.75, 3.05) is 19.0 Å². The van der Waals surface area contributed by atoms with E-state index in [2.05, 4.69) is 16.7 Å². The lowest BCUT2D eigenvalue weighted by Gasteiger charge is -2.08. The summed E-state index contributed by atoms with van der Waals surface area (Å²) < 4.78 is 4.87. The molecule has 1 saturated carbocycles. The maximum Gasteiger partial charge on any atom is 0.226 e. The first-order valence-corrected chi connectivity index (χ1v) is 6.39. The molecule has 0 spiro atoms. The van der Waals surface area contributed by atoms with E-state index in [1.54, 1.807) is 7.11 Å². The molecule has 4 nitrogen and oxygen atoms in total. The standard InChI is InChI=1S/C14H20N2O2/c1-18-8-7-14(17)16-13-4-2-3-11(9-13)10-15-12-5-6-12/h2-4,9,12,15H,5-8,10H2,1H3,(H,16,17). The summed E-state index contributed by atoms with van der Waals surface area (Å²) in [4.78, 5) is 11.6. The van der Waals surface area contributed by atoms with E-state index in [1.165, 1.54) is 18.4 Å². The Labute approximate surface area is 108 Å². The molecule has 0 aliphatic heterocycles. The Bertz CT molecular complexity index is 403. The fourth-order valence-corrected chi connectivity index (χ4v) is 1.73. The van der Waals surface area contributed by atoms with Crippen LogP contribution in [-0.2, 0) is 16.1 Å². The van der Waals surface area contributed by atoms with Gasteiger partial charge in [0.1, 0.15) is 0 Å². The quantitative estimate of drug-likeness (QED) is 0.775. The number of hydrogen-bond donors (Lipinski definition) is 2. The van der Waals surface area contributed by atoms with Gasteiger partial charge in [-0.2, -0.15) is 0 Å². The fraction of sp³-hybridized carbons (Fsp3) is 0.500. The molecule has 0 heterocycles. The van der Waals surface area contributed by atoms with Gasteiger partial charge in [-0.1, -0.05) is 12.1 Å². The number of methoxy groups -OCH3 is 1. The van der Waals surface area contributed by atoms with Crippen LogP contribution in [0.3, 0.4) is 0 Å². The molecule has 1 aromatic carbocycles. The minimum absolute atomic E-state index is 0.0100. The molecule has 0 saturated heterocycles. The van der Waals surface area contributed by atoms with E-state index in [0.29, 0.717) is 19.1 Å². The van der Waals surface area contributed by atoms with Crippen molar-refractivity contribution in [1.29, 1.82) is 0 Å². The van der Waals surface area contributed by atoms with Gasteiger partial charge in [0.15, 0.2) is 0 Å². The van der Waals surface area contributed by atoms with E-state index >= 15 is 0 Å². The third-order valence-corrected chi connectivity index (χ3v) is 2.92. The van der Waals surface area contributed by atoms with Crippen molar-refractivity contribution in [3.8, 4) is 0 Å². The Morgan fingerprint density at radius 1 is 1.44 bits per heavy atom. The minimum Gasteiger partial charge on any atom is -0.384 e. The van der Waals surface area contributed by atoms with Crippen molar-refractivity contribution in [2.45, 2.75) is 31.8 Å². The number of hydrogen-bond acceptors (Lipinski definition) is 3. The summed E-state index contributed by atoms with van der Waals surface area (Å²) in [6, 6.07) is 8.66. The molecule has 0 radical (unpaired) electrons. The summed E-state index contributed by atoms with van der Waals surface area (Å²) >= 11 is 0. The van der Waals surface area contributed by atoms with Crippen molar-refractivity contribution in [3.63, 3.8) is 0 Å². The Morgan fingerprint density at radius 3 is 3.00 bits per heavy atom. The maximum atomic E-state index is 11.6. The predicted molar refractivity (Wildman–Crippen MR) is 71.4 cm³/mol. The molecule has 1 aliphatic rings. The molecule has 1 aromatic rings. The summed E-state index contributed by atoms with van der Waals surface area (Å²) in [6.45, 7) is 1.32. The van der Waals surface area contributed by atoms with Crippen molar-refractivity contribution < 1.29 is 9.53 Å². The zero-order chi connectivity index (χ0) is 12.8. The molecule has 0 atom stereocenters. The highest BCUT2D eigenvalue weighted by Crippen LogP contribution is 2.19. The summed E-state index contributed by atoms with van der Waals surface area (Å²) in [5, 5.41) is 6.33. The summed E-state index contributed by atoms with van der Waals surface area (Å²) in [6.07, 6.45) is 2.96. The van der Waals surface area contributed by atoms with Crippen molar-refractivity contribution in [3.05, 3.63) is 29.8 Å². The average molecular weight is 248 g/mol. The van der Waals surface area contributed by atoms with Crippen molar-refractivity contribution >= 4 is 11.6 Å². The lowest BCUT2D eigenvalue weighted by atomic mass is 10.2. The van der Waals surface area contributed by atoms with Gasteiger partial charge in [0, 0.05) is 25.4 Å². The van der Waals surface area contributed by atoms with E-state index in [0.717, 1.165) is 12.2 Å². The van der Waals surface area contributed by atoms with Crippen LogP contribution >= 0.6 is 0 Å². The van der Waals surface area contributed by atoms with E-state index in [4.69, 9.17) is 4.74 Å². The molecule has 0 unspecified atom stereocenters. The summed E-state index contributed by atoms with van der Waals surface area (Å²) in [7, 11) is 1.59. The highest BCUT2D eigenvalue weighted by atomic mass is 16.5. The van der Waals surface area contributed by atoms with Gasteiger partial charge in [-0.3, -0.25) is 4.79 Å². The number of rotatable bonds is 7. The number of benzene rings is 1. The first-order chi connectivity index (χ1) is 8.78. The molecule has 1 amide bonds. The van der Waals surface area contributed by atoms with Crippen molar-refractivity contribution in [2.24, 2.45) is 0 Å². The molecule has 1 aliphatic carbocycles. The number of ether oxygens (including phenoxy) is 1. The van der Waals surface area contributed by atoms with E-state index in [1.807, 2.05) is 18.2 Å². The van der Waals surface area contributed by atoms with Gasteiger partial charge in [-0.15, -0.1) is 0 Å². The van der Waals surface area contributed by atoms with Crippen LogP contribution in [0.25, 0.3) is 0 Å². The second-order valence-electron chi connectivity index (χ2n) is 4.65. The molecule has 2 rings (SSSR count). The Hall–Kier alpha value is -1.39. The van der Waals surface area contributed by atoms with E-state index in [9.17, 15) is 4.79 Å². The van der Waals surface area contributed by atoms with Crippen LogP contribution in [0.4, 0.5) is 5.69 Å². The largest absolute Gasteiger partial charge is 0.384 e. The SMILES string of the molecule is COCCC(=O)Nc1cccc(CNC2CC2)c1. The highest BCUT2D eigenvalue weighted by Gasteiger charge is 2.19. The second kappa shape index (κ2) is 6.52. The zero-order valence-electron chi connectivity index (χ0n) is 10.7. The van der Waals surface area contributed by atoms with Crippen LogP contribution < -0.4 is 10.6 Å². The molecule has 0 aromatic heterocycles. The molecular formula is C14H20N2O2. The van der Waals surface area contributed by atoms with Crippen LogP contribution in [-0.4, -0.2) is 25.7 Å². The number of nitrogens with one attached hydrogen (secondary N) is 2. The molecule has 98 valence electrons. The lowest BCUT2D eigenvalue weighted by molar-refractivity contribution is -0.117. The first-order valence-electron chi connectivity index (χ1n) is 6.39. The predicted octanol–water partition coefficient (Wildman–Crippen LogP) is 1.91. The Morgan fingerprint density at radius 2 is 2.28 bits per heavy atom. The normalized spacial score (nSPS) is 14.5. The van der Waals surface area contributed by atoms with E-state index in [-0.39, 0.29) is 5.91 Å².